The van der Waals surface area contributed by atoms with Crippen LogP contribution in [-0.2, 0) is 11.3 Å². The number of carbonyl (C=O) groups is 2. The van der Waals surface area contributed by atoms with Crippen molar-refractivity contribution in [3.8, 4) is 0 Å². The highest BCUT2D eigenvalue weighted by Crippen LogP contribution is 2.23. The molecule has 0 bridgehead atoms. The topological polar surface area (TPSA) is 87.5 Å². The first-order valence-electron chi connectivity index (χ1n) is 8.13. The van der Waals surface area contributed by atoms with Gasteiger partial charge in [0.05, 0.1) is 5.92 Å². The Balaban J connectivity index is 1.89. The van der Waals surface area contributed by atoms with Gasteiger partial charge in [0.1, 0.15) is 0 Å². The Morgan fingerprint density at radius 2 is 2.00 bits per heavy atom. The third-order valence-electron chi connectivity index (χ3n) is 4.00. The normalized spacial score (nSPS) is 17.9. The Hall–Kier alpha value is -2.24. The van der Waals surface area contributed by atoms with Gasteiger partial charge in [-0.2, -0.15) is 0 Å². The number of amides is 3. The lowest BCUT2D eigenvalue weighted by Crippen LogP contribution is -2.41. The maximum atomic E-state index is 11.6. The summed E-state index contributed by atoms with van der Waals surface area (Å²) in [4.78, 5) is 25.1. The summed E-state index contributed by atoms with van der Waals surface area (Å²) in [6, 6.07) is 8.01. The number of hydrogen-bond donors (Lipinski definition) is 3. The van der Waals surface area contributed by atoms with Gasteiger partial charge in [0.15, 0.2) is 0 Å². The molecule has 6 nitrogen and oxygen atoms in total. The number of nitrogens with zero attached hydrogens (tertiary/aromatic N) is 1. The number of benzene rings is 1. The lowest BCUT2D eigenvalue weighted by atomic mass is 9.97. The van der Waals surface area contributed by atoms with Crippen LogP contribution in [0, 0.1) is 5.92 Å². The molecular formula is C17H26N4O2. The Morgan fingerprint density at radius 1 is 1.30 bits per heavy atom. The zero-order valence-corrected chi connectivity index (χ0v) is 13.8. The average molecular weight is 318 g/mol. The molecule has 6 heteroatoms. The highest BCUT2D eigenvalue weighted by atomic mass is 16.2. The number of rotatable bonds is 5. The van der Waals surface area contributed by atoms with Crippen molar-refractivity contribution in [3.63, 3.8) is 0 Å². The minimum absolute atomic E-state index is 0.0650. The summed E-state index contributed by atoms with van der Waals surface area (Å²) in [7, 11) is 0. The number of anilines is 1. The van der Waals surface area contributed by atoms with E-state index in [9.17, 15) is 9.59 Å². The molecule has 1 unspecified atom stereocenters. The van der Waals surface area contributed by atoms with Gasteiger partial charge in [-0.3, -0.25) is 4.79 Å². The van der Waals surface area contributed by atoms with Gasteiger partial charge in [0.2, 0.25) is 5.91 Å². The zero-order valence-electron chi connectivity index (χ0n) is 13.8. The molecule has 3 amide bonds. The van der Waals surface area contributed by atoms with Crippen molar-refractivity contribution < 1.29 is 9.59 Å². The maximum absolute atomic E-state index is 11.6. The van der Waals surface area contributed by atoms with Crippen LogP contribution in [0.25, 0.3) is 0 Å². The van der Waals surface area contributed by atoms with Gasteiger partial charge >= 0.3 is 6.03 Å². The average Bonchev–Trinajstić information content (AvgIpc) is 2.53. The van der Waals surface area contributed by atoms with E-state index >= 15 is 0 Å². The number of carbonyl (C=O) groups excluding carboxylic acids is 2. The second kappa shape index (κ2) is 7.85. The van der Waals surface area contributed by atoms with Crippen molar-refractivity contribution in [2.45, 2.75) is 39.3 Å². The van der Waals surface area contributed by atoms with Gasteiger partial charge in [0, 0.05) is 31.4 Å². The molecule has 1 heterocycles. The van der Waals surface area contributed by atoms with Gasteiger partial charge in [-0.25, -0.2) is 4.79 Å². The molecule has 4 N–H and O–H groups in total. The summed E-state index contributed by atoms with van der Waals surface area (Å²) in [5.74, 6) is -0.281. The molecule has 0 aromatic heterocycles. The molecule has 1 aliphatic rings. The maximum Gasteiger partial charge on any atom is 0.315 e. The quantitative estimate of drug-likeness (QED) is 0.770. The first-order valence-corrected chi connectivity index (χ1v) is 8.13. The van der Waals surface area contributed by atoms with E-state index in [1.807, 2.05) is 38.1 Å². The first kappa shape index (κ1) is 17.1. The summed E-state index contributed by atoms with van der Waals surface area (Å²) in [5, 5.41) is 5.62. The SMILES string of the molecule is CC(C)NC(=O)NCc1ccc(N2CCCC(C(N)=O)C2)cc1. The third-order valence-corrected chi connectivity index (χ3v) is 4.00. The van der Waals surface area contributed by atoms with E-state index in [4.69, 9.17) is 5.73 Å². The number of hydrogen-bond acceptors (Lipinski definition) is 3. The third kappa shape index (κ3) is 5.16. The number of nitrogens with two attached hydrogens (primary N) is 1. The van der Waals surface area contributed by atoms with Crippen LogP contribution < -0.4 is 21.3 Å². The minimum atomic E-state index is -0.216. The van der Waals surface area contributed by atoms with E-state index in [0.29, 0.717) is 13.1 Å². The van der Waals surface area contributed by atoms with Gasteiger partial charge in [0.25, 0.3) is 0 Å². The first-order chi connectivity index (χ1) is 11.0. The van der Waals surface area contributed by atoms with Gasteiger partial charge < -0.3 is 21.3 Å². The fourth-order valence-corrected chi connectivity index (χ4v) is 2.76. The van der Waals surface area contributed by atoms with Crippen LogP contribution >= 0.6 is 0 Å². The van der Waals surface area contributed by atoms with Crippen molar-refractivity contribution in [1.82, 2.24) is 10.6 Å². The molecule has 1 saturated heterocycles. The molecule has 0 aliphatic carbocycles. The molecule has 23 heavy (non-hydrogen) atoms. The van der Waals surface area contributed by atoms with Crippen LogP contribution in [0.4, 0.5) is 10.5 Å². The van der Waals surface area contributed by atoms with E-state index in [1.165, 1.54) is 0 Å². The summed E-state index contributed by atoms with van der Waals surface area (Å²) in [5.41, 5.74) is 7.55. The monoisotopic (exact) mass is 318 g/mol. The smallest absolute Gasteiger partial charge is 0.315 e. The molecule has 1 aromatic rings. The molecule has 1 aliphatic heterocycles. The summed E-state index contributed by atoms with van der Waals surface area (Å²) < 4.78 is 0. The molecule has 0 spiro atoms. The zero-order chi connectivity index (χ0) is 16.8. The van der Waals surface area contributed by atoms with E-state index in [-0.39, 0.29) is 23.9 Å². The molecular weight excluding hydrogens is 292 g/mol. The Bertz CT molecular complexity index is 542. The summed E-state index contributed by atoms with van der Waals surface area (Å²) in [6.07, 6.45) is 1.85. The molecule has 0 saturated carbocycles. The van der Waals surface area contributed by atoms with E-state index in [1.54, 1.807) is 0 Å². The van der Waals surface area contributed by atoms with Crippen molar-refractivity contribution in [2.24, 2.45) is 11.7 Å². The molecule has 0 radical (unpaired) electrons. The highest BCUT2D eigenvalue weighted by molar-refractivity contribution is 5.77. The fraction of sp³-hybridized carbons (Fsp3) is 0.529. The lowest BCUT2D eigenvalue weighted by molar-refractivity contribution is -0.122. The number of nitrogens with one attached hydrogen (secondary N) is 2. The summed E-state index contributed by atoms with van der Waals surface area (Å²) >= 11 is 0. The molecule has 1 aromatic carbocycles. The van der Waals surface area contributed by atoms with Crippen LogP contribution in [0.5, 0.6) is 0 Å². The van der Waals surface area contributed by atoms with E-state index in [0.717, 1.165) is 30.6 Å². The number of primary amides is 1. The van der Waals surface area contributed by atoms with Gasteiger partial charge in [-0.15, -0.1) is 0 Å². The number of urea groups is 1. The van der Waals surface area contributed by atoms with E-state index < -0.39 is 0 Å². The second-order valence-electron chi connectivity index (χ2n) is 6.34. The lowest BCUT2D eigenvalue weighted by Gasteiger charge is -2.33. The van der Waals surface area contributed by atoms with Crippen molar-refractivity contribution in [2.75, 3.05) is 18.0 Å². The Morgan fingerprint density at radius 3 is 2.61 bits per heavy atom. The van der Waals surface area contributed by atoms with Gasteiger partial charge in [-0.05, 0) is 44.4 Å². The van der Waals surface area contributed by atoms with Crippen molar-refractivity contribution >= 4 is 17.6 Å². The standard InChI is InChI=1S/C17H26N4O2/c1-12(2)20-17(23)19-10-13-5-7-15(8-6-13)21-9-3-4-14(11-21)16(18)22/h5-8,12,14H,3-4,9-11H2,1-2H3,(H2,18,22)(H2,19,20,23). The predicted octanol–water partition coefficient (Wildman–Crippen LogP) is 1.60. The summed E-state index contributed by atoms with van der Waals surface area (Å²) in [6.45, 7) is 5.96. The van der Waals surface area contributed by atoms with Crippen molar-refractivity contribution in [1.29, 1.82) is 0 Å². The van der Waals surface area contributed by atoms with Crippen LogP contribution in [0.2, 0.25) is 0 Å². The van der Waals surface area contributed by atoms with Crippen LogP contribution in [0.15, 0.2) is 24.3 Å². The predicted molar refractivity (Wildman–Crippen MR) is 91.1 cm³/mol. The Kier molecular flexibility index (Phi) is 5.84. The number of piperidine rings is 1. The fourth-order valence-electron chi connectivity index (χ4n) is 2.76. The molecule has 1 atom stereocenters. The molecule has 2 rings (SSSR count). The van der Waals surface area contributed by atoms with Crippen molar-refractivity contribution in [3.05, 3.63) is 29.8 Å². The van der Waals surface area contributed by atoms with Crippen LogP contribution in [0.1, 0.15) is 32.3 Å². The van der Waals surface area contributed by atoms with Crippen LogP contribution in [0.3, 0.4) is 0 Å². The van der Waals surface area contributed by atoms with E-state index in [2.05, 4.69) is 15.5 Å². The van der Waals surface area contributed by atoms with Gasteiger partial charge in [-0.1, -0.05) is 12.1 Å². The molecule has 1 fully saturated rings. The Labute approximate surface area is 137 Å². The minimum Gasteiger partial charge on any atom is -0.371 e. The highest BCUT2D eigenvalue weighted by Gasteiger charge is 2.23. The van der Waals surface area contributed by atoms with Crippen LogP contribution in [-0.4, -0.2) is 31.1 Å². The molecule has 126 valence electrons. The second-order valence-corrected chi connectivity index (χ2v) is 6.34. The largest absolute Gasteiger partial charge is 0.371 e.